The topological polar surface area (TPSA) is 138 Å². The molecule has 0 saturated carbocycles. The fourth-order valence-electron chi connectivity index (χ4n) is 3.00. The number of carbonyl (C=O) groups excluding carboxylic acids is 1. The molecule has 0 radical (unpaired) electrons. The Hall–Kier alpha value is -2.53. The molecule has 1 aromatic heterocycles. The molecule has 0 unspecified atom stereocenters. The first kappa shape index (κ1) is 18.3. The lowest BCUT2D eigenvalue weighted by Crippen LogP contribution is -2.46. The van der Waals surface area contributed by atoms with E-state index in [2.05, 4.69) is 15.5 Å². The second kappa shape index (κ2) is 7.00. The first-order chi connectivity index (χ1) is 12.3. The highest BCUT2D eigenvalue weighted by molar-refractivity contribution is 7.89. The number of piperidine rings is 1. The maximum atomic E-state index is 12.5. The Morgan fingerprint density at radius 3 is 2.73 bits per heavy atom. The van der Waals surface area contributed by atoms with E-state index < -0.39 is 20.9 Å². The number of benzene rings is 1. The normalized spacial score (nSPS) is 16.7. The molecular weight excluding hydrogens is 362 g/mol. The van der Waals surface area contributed by atoms with Crippen molar-refractivity contribution in [3.8, 4) is 0 Å². The molecule has 3 rings (SSSR count). The van der Waals surface area contributed by atoms with Crippen LogP contribution in [0.2, 0.25) is 0 Å². The van der Waals surface area contributed by atoms with Gasteiger partial charge < -0.3 is 5.32 Å². The van der Waals surface area contributed by atoms with Crippen LogP contribution in [0.15, 0.2) is 18.2 Å². The number of nitrogens with zero attached hydrogens (tertiary/aromatic N) is 3. The molecule has 2 N–H and O–H groups in total. The summed E-state index contributed by atoms with van der Waals surface area (Å²) >= 11 is 0. The maximum Gasteiger partial charge on any atom is 0.272 e. The minimum absolute atomic E-state index is 0.0576. The van der Waals surface area contributed by atoms with Crippen LogP contribution >= 0.6 is 0 Å². The Kier molecular flexibility index (Phi) is 4.92. The van der Waals surface area contributed by atoms with Crippen molar-refractivity contribution in [2.75, 3.05) is 18.8 Å². The molecule has 1 saturated heterocycles. The van der Waals surface area contributed by atoms with Gasteiger partial charge in [-0.15, -0.1) is 0 Å². The van der Waals surface area contributed by atoms with Crippen LogP contribution in [0.1, 0.15) is 30.3 Å². The van der Waals surface area contributed by atoms with Gasteiger partial charge in [0.2, 0.25) is 10.0 Å². The van der Waals surface area contributed by atoms with Crippen molar-refractivity contribution in [3.63, 3.8) is 0 Å². The van der Waals surface area contributed by atoms with E-state index in [1.807, 2.05) is 0 Å². The number of aromatic amines is 1. The number of nitro benzene ring substituents is 1. The largest absolute Gasteiger partial charge is 0.348 e. The number of H-pyrrole nitrogens is 1. The lowest BCUT2D eigenvalue weighted by atomic mass is 10.1. The molecule has 0 atom stereocenters. The van der Waals surface area contributed by atoms with Crippen LogP contribution < -0.4 is 5.32 Å². The average Bonchev–Trinajstić information content (AvgIpc) is 3.05. The van der Waals surface area contributed by atoms with E-state index in [1.165, 1.54) is 22.5 Å². The Morgan fingerprint density at radius 2 is 2.12 bits per heavy atom. The number of carbonyl (C=O) groups is 1. The van der Waals surface area contributed by atoms with E-state index in [4.69, 9.17) is 0 Å². The van der Waals surface area contributed by atoms with E-state index in [1.54, 1.807) is 6.92 Å². The van der Waals surface area contributed by atoms with Crippen molar-refractivity contribution >= 4 is 32.5 Å². The number of nitro groups is 1. The fraction of sp³-hybridized carbons (Fsp3) is 0.467. The summed E-state index contributed by atoms with van der Waals surface area (Å²) in [6.07, 6.45) is 1.01. The van der Waals surface area contributed by atoms with Crippen molar-refractivity contribution < 1.29 is 18.1 Å². The van der Waals surface area contributed by atoms with Crippen LogP contribution in [0.3, 0.4) is 0 Å². The molecule has 0 aliphatic carbocycles. The van der Waals surface area contributed by atoms with Crippen LogP contribution in [-0.4, -0.2) is 58.6 Å². The van der Waals surface area contributed by atoms with E-state index in [9.17, 15) is 23.3 Å². The van der Waals surface area contributed by atoms with Crippen molar-refractivity contribution in [2.24, 2.45) is 0 Å². The maximum absolute atomic E-state index is 12.5. The van der Waals surface area contributed by atoms with Crippen LogP contribution in [0.25, 0.3) is 10.9 Å². The van der Waals surface area contributed by atoms with Gasteiger partial charge >= 0.3 is 0 Å². The quantitative estimate of drug-likeness (QED) is 0.585. The molecular formula is C15H19N5O5S. The highest BCUT2D eigenvalue weighted by atomic mass is 32.2. The molecule has 0 bridgehead atoms. The summed E-state index contributed by atoms with van der Waals surface area (Å²) < 4.78 is 25.2. The number of aromatic nitrogens is 2. The Bertz CT molecular complexity index is 946. The highest BCUT2D eigenvalue weighted by Gasteiger charge is 2.28. The number of rotatable bonds is 5. The summed E-state index contributed by atoms with van der Waals surface area (Å²) in [7, 11) is -3.22. The number of fused-ring (bicyclic) bond motifs is 1. The molecule has 11 heteroatoms. The van der Waals surface area contributed by atoms with E-state index in [0.717, 1.165) is 0 Å². The van der Waals surface area contributed by atoms with Gasteiger partial charge in [-0.05, 0) is 25.8 Å². The highest BCUT2D eigenvalue weighted by Crippen LogP contribution is 2.22. The molecule has 10 nitrogen and oxygen atoms in total. The third-order valence-electron chi connectivity index (χ3n) is 4.52. The van der Waals surface area contributed by atoms with Gasteiger partial charge in [0.05, 0.1) is 16.2 Å². The van der Waals surface area contributed by atoms with E-state index in [0.29, 0.717) is 36.8 Å². The molecule has 140 valence electrons. The molecule has 1 aromatic carbocycles. The predicted octanol–water partition coefficient (Wildman–Crippen LogP) is 1.02. The zero-order valence-electron chi connectivity index (χ0n) is 14.1. The third kappa shape index (κ3) is 3.53. The summed E-state index contributed by atoms with van der Waals surface area (Å²) in [6.45, 7) is 2.31. The number of non-ortho nitro benzene ring substituents is 1. The summed E-state index contributed by atoms with van der Waals surface area (Å²) in [5.74, 6) is -0.379. The van der Waals surface area contributed by atoms with E-state index >= 15 is 0 Å². The molecule has 1 fully saturated rings. The first-order valence-corrected chi connectivity index (χ1v) is 9.84. The molecule has 1 aliphatic rings. The van der Waals surface area contributed by atoms with Gasteiger partial charge in [0, 0.05) is 36.7 Å². The summed E-state index contributed by atoms with van der Waals surface area (Å²) in [6, 6.07) is 3.98. The van der Waals surface area contributed by atoms with Crippen LogP contribution in [-0.2, 0) is 10.0 Å². The lowest BCUT2D eigenvalue weighted by Gasteiger charge is -2.31. The Balaban J connectivity index is 1.70. The summed E-state index contributed by atoms with van der Waals surface area (Å²) in [5, 5.41) is 20.8. The first-order valence-electron chi connectivity index (χ1n) is 8.23. The number of hydrogen-bond donors (Lipinski definition) is 2. The molecule has 26 heavy (non-hydrogen) atoms. The average molecular weight is 381 g/mol. The predicted molar refractivity (Wildman–Crippen MR) is 94.3 cm³/mol. The SMILES string of the molecule is CCS(=O)(=O)N1CCC(NC(=O)c2n[nH]c3ccc([N+](=O)[O-])cc23)CC1. The Labute approximate surface area is 149 Å². The molecule has 2 aromatic rings. The van der Waals surface area contributed by atoms with Crippen LogP contribution in [0, 0.1) is 10.1 Å². The van der Waals surface area contributed by atoms with Crippen molar-refractivity contribution in [3.05, 3.63) is 34.0 Å². The minimum Gasteiger partial charge on any atom is -0.348 e. The van der Waals surface area contributed by atoms with Gasteiger partial charge in [-0.2, -0.15) is 5.10 Å². The van der Waals surface area contributed by atoms with Crippen LogP contribution in [0.5, 0.6) is 0 Å². The molecule has 1 aliphatic heterocycles. The second-order valence-corrected chi connectivity index (χ2v) is 8.36. The Morgan fingerprint density at radius 1 is 1.42 bits per heavy atom. The van der Waals surface area contributed by atoms with Gasteiger partial charge in [0.25, 0.3) is 11.6 Å². The number of nitrogens with one attached hydrogen (secondary N) is 2. The smallest absolute Gasteiger partial charge is 0.272 e. The molecule has 0 spiro atoms. The zero-order chi connectivity index (χ0) is 18.9. The monoisotopic (exact) mass is 381 g/mol. The van der Waals surface area contributed by atoms with Gasteiger partial charge in [-0.1, -0.05) is 0 Å². The summed E-state index contributed by atoms with van der Waals surface area (Å²) in [4.78, 5) is 22.9. The van der Waals surface area contributed by atoms with Crippen LogP contribution in [0.4, 0.5) is 5.69 Å². The van der Waals surface area contributed by atoms with Crippen molar-refractivity contribution in [1.82, 2.24) is 19.8 Å². The fourth-order valence-corrected chi connectivity index (χ4v) is 4.14. The van der Waals surface area contributed by atoms with Gasteiger partial charge in [-0.25, -0.2) is 12.7 Å². The van der Waals surface area contributed by atoms with Gasteiger partial charge in [0.15, 0.2) is 5.69 Å². The number of amides is 1. The third-order valence-corrected chi connectivity index (χ3v) is 6.40. The van der Waals surface area contributed by atoms with Crippen molar-refractivity contribution in [2.45, 2.75) is 25.8 Å². The molecule has 2 heterocycles. The van der Waals surface area contributed by atoms with E-state index in [-0.39, 0.29) is 23.2 Å². The lowest BCUT2D eigenvalue weighted by molar-refractivity contribution is -0.384. The number of hydrogen-bond acceptors (Lipinski definition) is 6. The van der Waals surface area contributed by atoms with Gasteiger partial charge in [0.1, 0.15) is 0 Å². The standard InChI is InChI=1S/C15H19N5O5S/c1-2-26(24,25)19-7-5-10(6-8-19)16-15(21)14-12-9-11(20(22)23)3-4-13(12)17-18-14/h3-4,9-10H,2,5-8H2,1H3,(H,16,21)(H,17,18). The summed E-state index contributed by atoms with van der Waals surface area (Å²) in [5.41, 5.74) is 0.503. The second-order valence-electron chi connectivity index (χ2n) is 6.11. The minimum atomic E-state index is -3.22. The van der Waals surface area contributed by atoms with Gasteiger partial charge in [-0.3, -0.25) is 20.0 Å². The zero-order valence-corrected chi connectivity index (χ0v) is 15.0. The molecule has 1 amide bonds. The number of sulfonamides is 1. The van der Waals surface area contributed by atoms with Crippen molar-refractivity contribution in [1.29, 1.82) is 0 Å².